The summed E-state index contributed by atoms with van der Waals surface area (Å²) in [6, 6.07) is 12.0. The number of rotatable bonds is 7. The van der Waals surface area contributed by atoms with Crippen LogP contribution in [0.5, 0.6) is 0 Å². The van der Waals surface area contributed by atoms with E-state index in [0.29, 0.717) is 0 Å². The Morgan fingerprint density at radius 3 is 2.92 bits per heavy atom. The smallest absolute Gasteiger partial charge is 0.152 e. The summed E-state index contributed by atoms with van der Waals surface area (Å²) >= 11 is 0. The van der Waals surface area contributed by atoms with Crippen LogP contribution in [0, 0.1) is 6.92 Å². The summed E-state index contributed by atoms with van der Waals surface area (Å²) in [5.74, 6) is 2.77. The summed E-state index contributed by atoms with van der Waals surface area (Å²) in [6.45, 7) is 3.61. The number of imidazole rings is 1. The van der Waals surface area contributed by atoms with Crippen molar-refractivity contribution in [3.63, 3.8) is 0 Å². The fourth-order valence-electron chi connectivity index (χ4n) is 2.96. The first kappa shape index (κ1) is 15.7. The molecule has 0 radical (unpaired) electrons. The quantitative estimate of drug-likeness (QED) is 0.451. The predicted molar refractivity (Wildman–Crippen MR) is 97.1 cm³/mol. The highest BCUT2D eigenvalue weighted by molar-refractivity contribution is 5.74. The molecule has 0 unspecified atom stereocenters. The molecule has 0 aliphatic rings. The molecule has 4 aromatic rings. The monoisotopic (exact) mass is 335 g/mol. The summed E-state index contributed by atoms with van der Waals surface area (Å²) in [6.07, 6.45) is 3.80. The number of para-hydroxylation sites is 2. The molecule has 3 heterocycles. The van der Waals surface area contributed by atoms with E-state index in [-0.39, 0.29) is 0 Å². The molecule has 6 nitrogen and oxygen atoms in total. The van der Waals surface area contributed by atoms with Crippen molar-refractivity contribution in [2.45, 2.75) is 26.3 Å². The van der Waals surface area contributed by atoms with E-state index in [1.807, 2.05) is 43.5 Å². The molecule has 6 heteroatoms. The van der Waals surface area contributed by atoms with Gasteiger partial charge >= 0.3 is 0 Å². The Morgan fingerprint density at radius 2 is 2.08 bits per heavy atom. The van der Waals surface area contributed by atoms with Crippen molar-refractivity contribution in [1.82, 2.24) is 25.5 Å². The largest absolute Gasteiger partial charge is 0.460 e. The zero-order chi connectivity index (χ0) is 17.1. The maximum atomic E-state index is 5.67. The van der Waals surface area contributed by atoms with Gasteiger partial charge in [0.05, 0.1) is 17.2 Å². The molecular formula is C19H21N5O. The number of hydrogen-bond acceptors (Lipinski definition) is 4. The number of hydrogen-bond donors (Lipinski definition) is 3. The van der Waals surface area contributed by atoms with Gasteiger partial charge in [0.15, 0.2) is 5.76 Å². The maximum Gasteiger partial charge on any atom is 0.152 e. The van der Waals surface area contributed by atoms with Gasteiger partial charge in [-0.15, -0.1) is 0 Å². The second-order valence-corrected chi connectivity index (χ2v) is 6.16. The van der Waals surface area contributed by atoms with Crippen molar-refractivity contribution in [2.75, 3.05) is 6.54 Å². The number of benzene rings is 1. The third kappa shape index (κ3) is 3.49. The number of fused-ring (bicyclic) bond motifs is 1. The molecule has 0 saturated heterocycles. The molecule has 0 aliphatic carbocycles. The average Bonchev–Trinajstić information content (AvgIpc) is 3.33. The number of aromatic amines is 2. The van der Waals surface area contributed by atoms with Crippen LogP contribution in [0.25, 0.3) is 22.5 Å². The number of aromatic nitrogens is 4. The zero-order valence-electron chi connectivity index (χ0n) is 14.2. The van der Waals surface area contributed by atoms with Crippen molar-refractivity contribution in [1.29, 1.82) is 0 Å². The molecule has 0 aliphatic heterocycles. The van der Waals surface area contributed by atoms with E-state index in [2.05, 4.69) is 31.5 Å². The topological polar surface area (TPSA) is 82.5 Å². The molecule has 1 aromatic carbocycles. The van der Waals surface area contributed by atoms with E-state index >= 15 is 0 Å². The van der Waals surface area contributed by atoms with Gasteiger partial charge in [0.25, 0.3) is 0 Å². The van der Waals surface area contributed by atoms with E-state index in [9.17, 15) is 0 Å². The van der Waals surface area contributed by atoms with Gasteiger partial charge in [0, 0.05) is 18.5 Å². The minimum absolute atomic E-state index is 0.756. The second kappa shape index (κ2) is 6.94. The summed E-state index contributed by atoms with van der Waals surface area (Å²) < 4.78 is 5.67. The molecule has 0 amide bonds. The predicted octanol–water partition coefficient (Wildman–Crippen LogP) is 3.58. The van der Waals surface area contributed by atoms with Crippen LogP contribution in [-0.4, -0.2) is 26.7 Å². The van der Waals surface area contributed by atoms with Crippen LogP contribution in [-0.2, 0) is 13.0 Å². The fraction of sp³-hybridized carbons (Fsp3) is 0.263. The highest BCUT2D eigenvalue weighted by atomic mass is 16.3. The average molecular weight is 335 g/mol. The summed E-state index contributed by atoms with van der Waals surface area (Å²) in [4.78, 5) is 7.97. The lowest BCUT2D eigenvalue weighted by Crippen LogP contribution is -2.15. The van der Waals surface area contributed by atoms with Crippen LogP contribution in [0.3, 0.4) is 0 Å². The van der Waals surface area contributed by atoms with Gasteiger partial charge in [-0.3, -0.25) is 5.10 Å². The first-order valence-corrected chi connectivity index (χ1v) is 8.53. The molecular weight excluding hydrogens is 314 g/mol. The van der Waals surface area contributed by atoms with Gasteiger partial charge < -0.3 is 14.7 Å². The second-order valence-electron chi connectivity index (χ2n) is 6.16. The number of nitrogens with one attached hydrogen (secondary N) is 3. The minimum Gasteiger partial charge on any atom is -0.460 e. The van der Waals surface area contributed by atoms with Crippen molar-refractivity contribution in [3.8, 4) is 11.5 Å². The van der Waals surface area contributed by atoms with Crippen LogP contribution in [0.2, 0.25) is 0 Å². The lowest BCUT2D eigenvalue weighted by atomic mass is 10.2. The summed E-state index contributed by atoms with van der Waals surface area (Å²) in [5, 5.41) is 10.6. The van der Waals surface area contributed by atoms with Gasteiger partial charge in [-0.05, 0) is 44.2 Å². The molecule has 0 atom stereocenters. The van der Waals surface area contributed by atoms with Crippen LogP contribution in [0.4, 0.5) is 0 Å². The molecule has 0 bridgehead atoms. The van der Waals surface area contributed by atoms with E-state index in [4.69, 9.17) is 4.42 Å². The summed E-state index contributed by atoms with van der Waals surface area (Å²) in [7, 11) is 0. The summed E-state index contributed by atoms with van der Waals surface area (Å²) in [5.41, 5.74) is 4.18. The molecule has 0 fully saturated rings. The van der Waals surface area contributed by atoms with E-state index in [1.54, 1.807) is 0 Å². The Balaban J connectivity index is 1.28. The molecule has 0 spiro atoms. The number of nitrogens with zero attached hydrogens (tertiary/aromatic N) is 2. The molecule has 3 N–H and O–H groups in total. The Morgan fingerprint density at radius 1 is 1.16 bits per heavy atom. The van der Waals surface area contributed by atoms with Crippen molar-refractivity contribution in [2.24, 2.45) is 0 Å². The molecule has 25 heavy (non-hydrogen) atoms. The van der Waals surface area contributed by atoms with Crippen LogP contribution >= 0.6 is 0 Å². The van der Waals surface area contributed by atoms with E-state index in [1.165, 1.54) is 0 Å². The lowest BCUT2D eigenvalue weighted by Gasteiger charge is -2.04. The third-order valence-corrected chi connectivity index (χ3v) is 4.23. The third-order valence-electron chi connectivity index (χ3n) is 4.23. The Labute approximate surface area is 145 Å². The van der Waals surface area contributed by atoms with Crippen molar-refractivity contribution in [3.05, 3.63) is 59.7 Å². The Bertz CT molecular complexity index is 932. The maximum absolute atomic E-state index is 5.67. The SMILES string of the molecule is Cc1ccc(-c2[nH]ncc2CNCCCc2nc3ccccc3[nH]2)o1. The van der Waals surface area contributed by atoms with Gasteiger partial charge in [0.1, 0.15) is 17.3 Å². The first-order chi connectivity index (χ1) is 12.3. The van der Waals surface area contributed by atoms with Crippen LogP contribution in [0.15, 0.2) is 47.0 Å². The van der Waals surface area contributed by atoms with Crippen LogP contribution in [0.1, 0.15) is 23.6 Å². The van der Waals surface area contributed by atoms with Crippen molar-refractivity contribution < 1.29 is 4.42 Å². The Kier molecular flexibility index (Phi) is 4.35. The lowest BCUT2D eigenvalue weighted by molar-refractivity contribution is 0.545. The standard InChI is InChI=1S/C19H21N5O/c1-13-8-9-17(25-13)19-14(12-21-24-19)11-20-10-4-7-18-22-15-5-2-3-6-16(15)23-18/h2-3,5-6,8-9,12,20H,4,7,10-11H2,1H3,(H,21,24)(H,22,23). The van der Waals surface area contributed by atoms with Gasteiger partial charge in [-0.1, -0.05) is 12.1 Å². The zero-order valence-corrected chi connectivity index (χ0v) is 14.2. The van der Waals surface area contributed by atoms with Crippen molar-refractivity contribution >= 4 is 11.0 Å². The molecule has 3 aromatic heterocycles. The molecule has 128 valence electrons. The molecule has 4 rings (SSSR count). The minimum atomic E-state index is 0.756. The number of furan rings is 1. The van der Waals surface area contributed by atoms with Crippen LogP contribution < -0.4 is 5.32 Å². The molecule has 0 saturated carbocycles. The first-order valence-electron chi connectivity index (χ1n) is 8.53. The van der Waals surface area contributed by atoms with E-state index in [0.717, 1.165) is 65.6 Å². The fourth-order valence-corrected chi connectivity index (χ4v) is 2.96. The van der Waals surface area contributed by atoms with Gasteiger partial charge in [-0.2, -0.15) is 5.10 Å². The van der Waals surface area contributed by atoms with E-state index < -0.39 is 0 Å². The Hall–Kier alpha value is -2.86. The normalized spacial score (nSPS) is 11.4. The van der Waals surface area contributed by atoms with Gasteiger partial charge in [-0.25, -0.2) is 4.98 Å². The highest BCUT2D eigenvalue weighted by Gasteiger charge is 2.10. The number of aryl methyl sites for hydroxylation is 2. The highest BCUT2D eigenvalue weighted by Crippen LogP contribution is 2.23. The van der Waals surface area contributed by atoms with Gasteiger partial charge in [0.2, 0.25) is 0 Å². The number of H-pyrrole nitrogens is 2.